The van der Waals surface area contributed by atoms with Crippen LogP contribution in [0.2, 0.25) is 0 Å². The lowest BCUT2D eigenvalue weighted by Gasteiger charge is -1.93. The average molecular weight is 174 g/mol. The number of rotatable bonds is 3. The second-order valence-corrected chi connectivity index (χ2v) is 3.53. The summed E-state index contributed by atoms with van der Waals surface area (Å²) in [5.41, 5.74) is 5.37. The van der Waals surface area contributed by atoms with Crippen molar-refractivity contribution in [3.8, 4) is 0 Å². The standard InChI is InChI=1S/C6H10N2O2S/c1-5(7)3-4-6(2)11(8,9)10/h3-4H,1-2,7H2,(H2,8,9,10)/b4-3-. The Kier molecular flexibility index (Phi) is 3.03. The Hall–Kier alpha value is -1.07. The molecule has 62 valence electrons. The highest BCUT2D eigenvalue weighted by Crippen LogP contribution is 1.99. The molecule has 0 bridgehead atoms. The van der Waals surface area contributed by atoms with Crippen molar-refractivity contribution in [3.63, 3.8) is 0 Å². The molecule has 0 amide bonds. The van der Waals surface area contributed by atoms with Gasteiger partial charge in [-0.05, 0) is 12.2 Å². The Morgan fingerprint density at radius 2 is 1.73 bits per heavy atom. The number of nitrogens with two attached hydrogens (primary N) is 2. The van der Waals surface area contributed by atoms with E-state index >= 15 is 0 Å². The summed E-state index contributed by atoms with van der Waals surface area (Å²) in [4.78, 5) is -0.191. The smallest absolute Gasteiger partial charge is 0.237 e. The van der Waals surface area contributed by atoms with Crippen molar-refractivity contribution >= 4 is 10.0 Å². The third-order valence-corrected chi connectivity index (χ3v) is 1.72. The topological polar surface area (TPSA) is 86.2 Å². The molecule has 0 aliphatic carbocycles. The molecule has 0 unspecified atom stereocenters. The molecule has 0 aliphatic heterocycles. The van der Waals surface area contributed by atoms with E-state index in [0.29, 0.717) is 0 Å². The van der Waals surface area contributed by atoms with Crippen LogP contribution in [0.3, 0.4) is 0 Å². The van der Waals surface area contributed by atoms with Gasteiger partial charge in [-0.1, -0.05) is 13.2 Å². The fourth-order valence-electron chi connectivity index (χ4n) is 0.295. The Bertz CT molecular complexity index is 301. The van der Waals surface area contributed by atoms with Crippen LogP contribution in [-0.2, 0) is 10.0 Å². The van der Waals surface area contributed by atoms with Crippen LogP contribution < -0.4 is 10.9 Å². The van der Waals surface area contributed by atoms with Crippen molar-refractivity contribution < 1.29 is 8.42 Å². The summed E-state index contributed by atoms with van der Waals surface area (Å²) in [6.07, 6.45) is 2.50. The quantitative estimate of drug-likeness (QED) is 0.582. The highest BCUT2D eigenvalue weighted by atomic mass is 32.2. The van der Waals surface area contributed by atoms with E-state index in [1.54, 1.807) is 0 Å². The Labute approximate surface area is 65.9 Å². The molecule has 0 atom stereocenters. The molecule has 11 heavy (non-hydrogen) atoms. The first-order valence-electron chi connectivity index (χ1n) is 2.68. The van der Waals surface area contributed by atoms with Crippen molar-refractivity contribution in [2.45, 2.75) is 0 Å². The molecule has 0 spiro atoms. The van der Waals surface area contributed by atoms with E-state index in [4.69, 9.17) is 10.9 Å². The van der Waals surface area contributed by atoms with Gasteiger partial charge in [0.05, 0.1) is 4.91 Å². The lowest BCUT2D eigenvalue weighted by atomic mass is 10.4. The van der Waals surface area contributed by atoms with Crippen LogP contribution in [0.4, 0.5) is 0 Å². The first-order chi connectivity index (χ1) is 4.84. The molecule has 0 aromatic carbocycles. The maximum Gasteiger partial charge on any atom is 0.237 e. The molecule has 0 fully saturated rings. The minimum absolute atomic E-state index is 0.191. The Morgan fingerprint density at radius 1 is 1.27 bits per heavy atom. The number of hydrogen-bond acceptors (Lipinski definition) is 3. The predicted octanol–water partition coefficient (Wildman–Crippen LogP) is -0.183. The first-order valence-corrected chi connectivity index (χ1v) is 4.23. The molecular formula is C6H10N2O2S. The van der Waals surface area contributed by atoms with Crippen LogP contribution in [-0.4, -0.2) is 8.42 Å². The van der Waals surface area contributed by atoms with Gasteiger partial charge in [0.15, 0.2) is 0 Å². The Morgan fingerprint density at radius 3 is 2.00 bits per heavy atom. The van der Waals surface area contributed by atoms with Crippen molar-refractivity contribution in [2.75, 3.05) is 0 Å². The summed E-state index contributed by atoms with van der Waals surface area (Å²) >= 11 is 0. The predicted molar refractivity (Wildman–Crippen MR) is 44.7 cm³/mol. The lowest BCUT2D eigenvalue weighted by Crippen LogP contribution is -2.12. The number of primary sulfonamides is 1. The van der Waals surface area contributed by atoms with Gasteiger partial charge in [0.1, 0.15) is 0 Å². The van der Waals surface area contributed by atoms with Gasteiger partial charge >= 0.3 is 0 Å². The monoisotopic (exact) mass is 174 g/mol. The van der Waals surface area contributed by atoms with Crippen LogP contribution in [0, 0.1) is 0 Å². The van der Waals surface area contributed by atoms with Crippen molar-refractivity contribution in [1.82, 2.24) is 0 Å². The third kappa shape index (κ3) is 4.35. The summed E-state index contributed by atoms with van der Waals surface area (Å²) in [7, 11) is -3.68. The van der Waals surface area contributed by atoms with Crippen molar-refractivity contribution in [2.24, 2.45) is 10.9 Å². The van der Waals surface area contributed by atoms with Crippen LogP contribution in [0.5, 0.6) is 0 Å². The van der Waals surface area contributed by atoms with Gasteiger partial charge < -0.3 is 5.73 Å². The van der Waals surface area contributed by atoms with Crippen molar-refractivity contribution in [1.29, 1.82) is 0 Å². The fourth-order valence-corrected chi connectivity index (χ4v) is 0.553. The van der Waals surface area contributed by atoms with E-state index in [2.05, 4.69) is 13.2 Å². The summed E-state index contributed by atoms with van der Waals surface area (Å²) in [6.45, 7) is 6.52. The van der Waals surface area contributed by atoms with Crippen LogP contribution in [0.15, 0.2) is 35.9 Å². The molecule has 0 aromatic rings. The highest BCUT2D eigenvalue weighted by Gasteiger charge is 2.03. The number of sulfonamides is 1. The van der Waals surface area contributed by atoms with E-state index in [0.717, 1.165) is 0 Å². The van der Waals surface area contributed by atoms with E-state index < -0.39 is 10.0 Å². The summed E-state index contributed by atoms with van der Waals surface area (Å²) in [5, 5.41) is 4.72. The second kappa shape index (κ2) is 3.36. The zero-order chi connectivity index (χ0) is 9.07. The molecule has 0 radical (unpaired) electrons. The zero-order valence-electron chi connectivity index (χ0n) is 5.95. The highest BCUT2D eigenvalue weighted by molar-refractivity contribution is 7.93. The number of hydrogen-bond donors (Lipinski definition) is 2. The summed E-state index contributed by atoms with van der Waals surface area (Å²) in [5.74, 6) is 0. The minimum Gasteiger partial charge on any atom is -0.399 e. The lowest BCUT2D eigenvalue weighted by molar-refractivity contribution is 0.604. The van der Waals surface area contributed by atoms with E-state index in [-0.39, 0.29) is 10.6 Å². The van der Waals surface area contributed by atoms with Gasteiger partial charge in [0.25, 0.3) is 0 Å². The largest absolute Gasteiger partial charge is 0.399 e. The molecule has 0 saturated heterocycles. The minimum atomic E-state index is -3.68. The van der Waals surface area contributed by atoms with Gasteiger partial charge in [-0.2, -0.15) is 0 Å². The van der Waals surface area contributed by atoms with Crippen LogP contribution in [0.1, 0.15) is 0 Å². The molecule has 4 N–H and O–H groups in total. The summed E-state index contributed by atoms with van der Waals surface area (Å²) in [6, 6.07) is 0. The van der Waals surface area contributed by atoms with Crippen LogP contribution >= 0.6 is 0 Å². The molecule has 0 heterocycles. The Balaban J connectivity index is 4.46. The van der Waals surface area contributed by atoms with E-state index in [1.165, 1.54) is 12.2 Å². The van der Waals surface area contributed by atoms with Crippen LogP contribution in [0.25, 0.3) is 0 Å². The molecule has 0 aromatic heterocycles. The molecule has 0 saturated carbocycles. The maximum absolute atomic E-state index is 10.5. The normalized spacial score (nSPS) is 11.7. The van der Waals surface area contributed by atoms with Gasteiger partial charge in [-0.25, -0.2) is 13.6 Å². The zero-order valence-corrected chi connectivity index (χ0v) is 6.76. The second-order valence-electron chi connectivity index (χ2n) is 1.92. The fraction of sp³-hybridized carbons (Fsp3) is 0. The number of allylic oxidation sites excluding steroid dienone is 2. The van der Waals surface area contributed by atoms with Gasteiger partial charge in [0.2, 0.25) is 10.0 Å². The first kappa shape index (κ1) is 9.93. The molecule has 0 rings (SSSR count). The van der Waals surface area contributed by atoms with Gasteiger partial charge in [-0.3, -0.25) is 0 Å². The SMILES string of the molecule is C=C(N)/C=C\C(=C)S(N)(=O)=O. The maximum atomic E-state index is 10.5. The van der Waals surface area contributed by atoms with Gasteiger partial charge in [0, 0.05) is 5.70 Å². The summed E-state index contributed by atoms with van der Waals surface area (Å²) < 4.78 is 21.0. The van der Waals surface area contributed by atoms with E-state index in [1.807, 2.05) is 0 Å². The molecular weight excluding hydrogens is 164 g/mol. The molecule has 5 heteroatoms. The molecule has 4 nitrogen and oxygen atoms in total. The third-order valence-electron chi connectivity index (χ3n) is 0.849. The molecule has 0 aliphatic rings. The van der Waals surface area contributed by atoms with E-state index in [9.17, 15) is 8.42 Å². The van der Waals surface area contributed by atoms with Crippen molar-refractivity contribution in [3.05, 3.63) is 35.9 Å². The average Bonchev–Trinajstić information content (AvgIpc) is 1.80. The van der Waals surface area contributed by atoms with Gasteiger partial charge in [-0.15, -0.1) is 0 Å².